The van der Waals surface area contributed by atoms with Crippen molar-refractivity contribution in [1.82, 2.24) is 39.2 Å². The Balaban J connectivity index is 0.000000114. The molecule has 0 N–H and O–H groups in total. The third kappa shape index (κ3) is 13.0. The van der Waals surface area contributed by atoms with Gasteiger partial charge >= 0.3 is 24.1 Å². The van der Waals surface area contributed by atoms with Gasteiger partial charge in [0.15, 0.2) is 0 Å². The average Bonchev–Trinajstić information content (AvgIpc) is 0.857. The molecule has 8 unspecified atom stereocenters. The Labute approximate surface area is 595 Å². The summed E-state index contributed by atoms with van der Waals surface area (Å²) in [5.41, 5.74) is 12.9. The minimum Gasteiger partial charge on any atom is -0.497 e. The molecule has 0 spiro atoms. The third-order valence-electron chi connectivity index (χ3n) is 26.3. The van der Waals surface area contributed by atoms with Crippen LogP contribution in [-0.4, -0.2) is 194 Å². The molecule has 0 radical (unpaired) electrons. The minimum atomic E-state index is -0.0350. The van der Waals surface area contributed by atoms with Gasteiger partial charge in [-0.05, 0) is 246 Å². The average molecular weight is 1360 g/mol. The van der Waals surface area contributed by atoms with E-state index >= 15 is 0 Å². The number of carbonyl (C=O) groups excluding carboxylic acids is 4. The van der Waals surface area contributed by atoms with Crippen molar-refractivity contribution in [3.05, 3.63) is 153 Å². The molecule has 5 aromatic carbocycles. The molecule has 8 atom stereocenters. The van der Waals surface area contributed by atoms with E-state index in [-0.39, 0.29) is 51.8 Å². The highest BCUT2D eigenvalue weighted by molar-refractivity contribution is 5.78. The van der Waals surface area contributed by atoms with Gasteiger partial charge in [-0.15, -0.1) is 0 Å². The summed E-state index contributed by atoms with van der Waals surface area (Å²) in [6.45, 7) is 17.6. The number of fused-ring (bicyclic) bond motifs is 16. The molecule has 8 fully saturated rings. The number of hydrogen-bond acceptors (Lipinski definition) is 8. The van der Waals surface area contributed by atoms with Crippen molar-refractivity contribution in [2.45, 2.75) is 214 Å². The second-order valence-corrected chi connectivity index (χ2v) is 31.5. The van der Waals surface area contributed by atoms with E-state index in [0.29, 0.717) is 18.1 Å². The van der Waals surface area contributed by atoms with Crippen LogP contribution in [0.2, 0.25) is 0 Å². The van der Waals surface area contributed by atoms with Crippen molar-refractivity contribution in [3.63, 3.8) is 0 Å². The SMILES string of the molecule is CCC12CC(Cc3ccc(OC)cc31)N(C(=O)N1CCCC1)C2.CCC12CC(Cc3ccc(OC)cc31)N(C(=O)N1CCCCC1)C2.CCC12CC(Cc3ccc(OC)cc31)N(C(=O)N1CCCCC1)C2.COc1ccc2c(c1)C1(c3ccccc3)CCN(C(=O)N3CCCCC3)C(C2)C1. The van der Waals surface area contributed by atoms with Crippen molar-refractivity contribution in [2.75, 3.05) is 107 Å². The minimum absolute atomic E-state index is 0.0350. The van der Waals surface area contributed by atoms with Crippen LogP contribution in [-0.2, 0) is 47.3 Å². The Morgan fingerprint density at radius 3 is 0.960 bits per heavy atom. The van der Waals surface area contributed by atoms with Crippen molar-refractivity contribution in [2.24, 2.45) is 0 Å². The zero-order valence-electron chi connectivity index (χ0n) is 61.2. The maximum absolute atomic E-state index is 13.3. The number of piperidine rings is 4. The molecule has 8 saturated heterocycles. The zero-order chi connectivity index (χ0) is 69.3. The van der Waals surface area contributed by atoms with Crippen LogP contribution in [0.3, 0.4) is 0 Å². The van der Waals surface area contributed by atoms with E-state index < -0.39 is 0 Å². The molecule has 0 aromatic heterocycles. The van der Waals surface area contributed by atoms with Crippen LogP contribution in [0.5, 0.6) is 23.0 Å². The lowest BCUT2D eigenvalue weighted by Gasteiger charge is -2.52. The van der Waals surface area contributed by atoms with Gasteiger partial charge in [-0.3, -0.25) is 0 Å². The summed E-state index contributed by atoms with van der Waals surface area (Å²) in [7, 11) is 6.92. The van der Waals surface area contributed by atoms with Crippen LogP contribution in [0.4, 0.5) is 19.2 Å². The Morgan fingerprint density at radius 1 is 0.350 bits per heavy atom. The van der Waals surface area contributed by atoms with Crippen LogP contribution in [0.25, 0.3) is 0 Å². The largest absolute Gasteiger partial charge is 0.497 e. The number of urea groups is 4. The van der Waals surface area contributed by atoms with E-state index in [9.17, 15) is 19.2 Å². The summed E-state index contributed by atoms with van der Waals surface area (Å²) in [6, 6.07) is 39.2. The van der Waals surface area contributed by atoms with Gasteiger partial charge in [-0.2, -0.15) is 0 Å². The lowest BCUT2D eigenvalue weighted by atomic mass is 9.60. The van der Waals surface area contributed by atoms with Gasteiger partial charge < -0.3 is 58.1 Å². The molecule has 0 saturated carbocycles. The molecule has 17 rings (SSSR count). The molecule has 16 nitrogen and oxygen atoms in total. The zero-order valence-corrected chi connectivity index (χ0v) is 61.2. The molecule has 5 aromatic rings. The van der Waals surface area contributed by atoms with Crippen molar-refractivity contribution in [1.29, 1.82) is 0 Å². The monoisotopic (exact) mass is 1360 g/mol. The summed E-state index contributed by atoms with van der Waals surface area (Å²) in [6.07, 6.45) is 25.4. The molecular weight excluding hydrogens is 1250 g/mol. The van der Waals surface area contributed by atoms with Gasteiger partial charge in [0.05, 0.1) is 28.4 Å². The van der Waals surface area contributed by atoms with Gasteiger partial charge in [0.25, 0.3) is 0 Å². The number of methoxy groups -OCH3 is 4. The third-order valence-corrected chi connectivity index (χ3v) is 26.3. The van der Waals surface area contributed by atoms with Crippen molar-refractivity contribution < 1.29 is 38.1 Å². The van der Waals surface area contributed by atoms with Crippen LogP contribution < -0.4 is 18.9 Å². The fraction of sp³-hybridized carbons (Fsp3) is 0.595. The van der Waals surface area contributed by atoms with Crippen LogP contribution in [0.15, 0.2) is 103 Å². The molecule has 8 heterocycles. The lowest BCUT2D eigenvalue weighted by molar-refractivity contribution is 0.0840. The molecular formula is C84H112N8O8. The highest BCUT2D eigenvalue weighted by Gasteiger charge is 2.55. The topological polar surface area (TPSA) is 131 Å². The molecule has 12 aliphatic rings. The van der Waals surface area contributed by atoms with E-state index in [0.717, 1.165) is 230 Å². The van der Waals surface area contributed by atoms with Gasteiger partial charge in [0.1, 0.15) is 23.0 Å². The summed E-state index contributed by atoms with van der Waals surface area (Å²) >= 11 is 0. The fourth-order valence-electron chi connectivity index (χ4n) is 20.6. The lowest BCUT2D eigenvalue weighted by Crippen LogP contribution is -2.58. The maximum atomic E-state index is 13.3. The maximum Gasteiger partial charge on any atom is 0.320 e. The predicted molar refractivity (Wildman–Crippen MR) is 394 cm³/mol. The van der Waals surface area contributed by atoms with Crippen LogP contribution in [0.1, 0.15) is 193 Å². The van der Waals surface area contributed by atoms with Gasteiger partial charge in [0, 0.05) is 124 Å². The van der Waals surface area contributed by atoms with Gasteiger partial charge in [-0.1, -0.05) is 75.4 Å². The summed E-state index contributed by atoms with van der Waals surface area (Å²) in [4.78, 5) is 69.5. The van der Waals surface area contributed by atoms with Crippen molar-refractivity contribution in [3.8, 4) is 23.0 Å². The first-order valence-corrected chi connectivity index (χ1v) is 38.7. The number of rotatable bonds is 8. The summed E-state index contributed by atoms with van der Waals surface area (Å²) in [5.74, 6) is 3.71. The molecule has 100 heavy (non-hydrogen) atoms. The van der Waals surface area contributed by atoms with E-state index in [4.69, 9.17) is 18.9 Å². The standard InChI is InChI=1S/C25H30N2O2.2C20H28N2O2.C19H26N2O2/c1-29-22-11-10-19-16-21-18-25(23(19)17-22,20-8-4-2-5-9-20)12-15-27(21)24(28)26-13-6-3-7-14-26;2*1-3-20-13-16(11-15-7-8-17(24-2)12-18(15)20)22(14-20)19(23)21-9-5-4-6-10-21;1-3-19-12-15(10-14-6-7-16(23-2)11-17(14)19)21(13-19)18(22)20-8-4-5-9-20/h2,4-5,8-11,17,21H,3,6-7,12-16,18H2,1H3;2*7-8,12,16H,3-6,9-11,13-14H2,1-2H3;6-7,11,15H,3-5,8-10,12-13H2,1-2H3. The number of nitrogens with zero attached hydrogens (tertiary/aromatic N) is 8. The highest BCUT2D eigenvalue weighted by atomic mass is 16.5. The first-order chi connectivity index (χ1) is 48.7. The van der Waals surface area contributed by atoms with E-state index in [1.807, 2.05) is 0 Å². The number of amides is 8. The molecule has 8 bridgehead atoms. The quantitative estimate of drug-likeness (QED) is 0.150. The Bertz CT molecular complexity index is 3640. The summed E-state index contributed by atoms with van der Waals surface area (Å²) < 4.78 is 21.9. The van der Waals surface area contributed by atoms with Crippen molar-refractivity contribution >= 4 is 24.1 Å². The second-order valence-electron chi connectivity index (χ2n) is 31.5. The molecule has 8 aliphatic heterocycles. The molecule has 536 valence electrons. The smallest absolute Gasteiger partial charge is 0.320 e. The van der Waals surface area contributed by atoms with E-state index in [1.165, 1.54) is 69.3 Å². The van der Waals surface area contributed by atoms with Gasteiger partial charge in [-0.25, -0.2) is 19.2 Å². The Morgan fingerprint density at radius 2 is 0.640 bits per heavy atom. The number of ether oxygens (including phenoxy) is 4. The number of hydrogen-bond donors (Lipinski definition) is 0. The van der Waals surface area contributed by atoms with E-state index in [1.54, 1.807) is 28.4 Å². The Hall–Kier alpha value is -7.62. The van der Waals surface area contributed by atoms with Crippen LogP contribution in [0, 0.1) is 0 Å². The first kappa shape index (κ1) is 69.5. The van der Waals surface area contributed by atoms with Gasteiger partial charge in [0.2, 0.25) is 0 Å². The van der Waals surface area contributed by atoms with Crippen LogP contribution >= 0.6 is 0 Å². The predicted octanol–water partition coefficient (Wildman–Crippen LogP) is 15.0. The Kier molecular flexibility index (Phi) is 20.4. The number of carbonyl (C=O) groups is 4. The number of benzene rings is 5. The first-order valence-electron chi connectivity index (χ1n) is 38.7. The summed E-state index contributed by atoms with van der Waals surface area (Å²) in [5, 5.41) is 0. The fourth-order valence-corrected chi connectivity index (χ4v) is 20.6. The molecule has 8 amide bonds. The molecule has 16 heteroatoms. The van der Waals surface area contributed by atoms with E-state index in [2.05, 4.69) is 163 Å². The highest BCUT2D eigenvalue weighted by Crippen LogP contribution is 2.54. The molecule has 4 aliphatic carbocycles. The normalized spacial score (nSPS) is 27.9. The number of likely N-dealkylation sites (tertiary alicyclic amines) is 8. The second kappa shape index (κ2) is 29.4.